The van der Waals surface area contributed by atoms with Gasteiger partial charge in [-0.15, -0.1) is 0 Å². The predicted octanol–water partition coefficient (Wildman–Crippen LogP) is 2.73. The summed E-state index contributed by atoms with van der Waals surface area (Å²) in [6.45, 7) is 0. The number of nitrogens with one attached hydrogen (secondary N) is 1. The van der Waals surface area contributed by atoms with Crippen LogP contribution in [0.2, 0.25) is 0 Å². The molecule has 2 aromatic rings. The van der Waals surface area contributed by atoms with Crippen molar-refractivity contribution in [3.05, 3.63) is 54.7 Å². The standard InChI is InChI=1S/C15H12F3N3O/c16-15(17,18)14(22)5-12(8-21-14)10-1-3-11(4-2-10)13-6-19-9-20-7-13/h1-4,6-9,21-22H,5H2. The molecule has 3 rings (SSSR count). The summed E-state index contributed by atoms with van der Waals surface area (Å²) in [7, 11) is 0. The molecule has 0 saturated carbocycles. The van der Waals surface area contributed by atoms with Crippen LogP contribution >= 0.6 is 0 Å². The fourth-order valence-electron chi connectivity index (χ4n) is 2.28. The number of alkyl halides is 3. The third-order valence-corrected chi connectivity index (χ3v) is 3.55. The molecule has 1 aromatic heterocycles. The minimum Gasteiger partial charge on any atom is -0.363 e. The second kappa shape index (κ2) is 5.10. The minimum absolute atomic E-state index is 0.399. The van der Waals surface area contributed by atoms with Gasteiger partial charge in [-0.05, 0) is 16.7 Å². The highest BCUT2D eigenvalue weighted by Crippen LogP contribution is 2.39. The zero-order chi connectivity index (χ0) is 15.8. The molecule has 1 aliphatic heterocycles. The zero-order valence-corrected chi connectivity index (χ0v) is 11.3. The molecule has 114 valence electrons. The Labute approximate surface area is 124 Å². The normalized spacial score (nSPS) is 21.4. The molecule has 0 fully saturated rings. The Morgan fingerprint density at radius 3 is 2.14 bits per heavy atom. The van der Waals surface area contributed by atoms with Gasteiger partial charge >= 0.3 is 6.18 Å². The van der Waals surface area contributed by atoms with E-state index in [0.717, 1.165) is 11.1 Å². The van der Waals surface area contributed by atoms with E-state index >= 15 is 0 Å². The predicted molar refractivity (Wildman–Crippen MR) is 74.2 cm³/mol. The second-order valence-electron chi connectivity index (χ2n) is 5.05. The van der Waals surface area contributed by atoms with Crippen LogP contribution in [-0.2, 0) is 0 Å². The molecule has 22 heavy (non-hydrogen) atoms. The Hall–Kier alpha value is -2.41. The smallest absolute Gasteiger partial charge is 0.363 e. The van der Waals surface area contributed by atoms with E-state index in [0.29, 0.717) is 11.1 Å². The summed E-state index contributed by atoms with van der Waals surface area (Å²) in [5.41, 5.74) is -0.195. The van der Waals surface area contributed by atoms with Gasteiger partial charge in [0.1, 0.15) is 6.33 Å². The molecule has 1 atom stereocenters. The maximum atomic E-state index is 12.8. The van der Waals surface area contributed by atoms with Gasteiger partial charge in [-0.25, -0.2) is 9.97 Å². The lowest BCUT2D eigenvalue weighted by Crippen LogP contribution is -2.52. The van der Waals surface area contributed by atoms with Crippen LogP contribution in [0.3, 0.4) is 0 Å². The van der Waals surface area contributed by atoms with Gasteiger partial charge in [0.25, 0.3) is 0 Å². The molecular weight excluding hydrogens is 295 g/mol. The quantitative estimate of drug-likeness (QED) is 0.895. The summed E-state index contributed by atoms with van der Waals surface area (Å²) in [6, 6.07) is 6.97. The number of aromatic nitrogens is 2. The summed E-state index contributed by atoms with van der Waals surface area (Å²) in [5.74, 6) is 0. The topological polar surface area (TPSA) is 58.0 Å². The van der Waals surface area contributed by atoms with Crippen LogP contribution in [0.25, 0.3) is 16.7 Å². The Kier molecular flexibility index (Phi) is 3.37. The first-order valence-corrected chi connectivity index (χ1v) is 6.51. The largest absolute Gasteiger partial charge is 0.436 e. The van der Waals surface area contributed by atoms with E-state index in [1.54, 1.807) is 36.7 Å². The molecule has 1 unspecified atom stereocenters. The molecule has 7 heteroatoms. The van der Waals surface area contributed by atoms with Crippen molar-refractivity contribution < 1.29 is 18.3 Å². The number of benzene rings is 1. The maximum Gasteiger partial charge on any atom is 0.436 e. The van der Waals surface area contributed by atoms with Crippen molar-refractivity contribution in [2.75, 3.05) is 0 Å². The Balaban J connectivity index is 1.81. The average Bonchev–Trinajstić information content (AvgIpc) is 2.92. The van der Waals surface area contributed by atoms with Crippen molar-refractivity contribution in [1.82, 2.24) is 15.3 Å². The fourth-order valence-corrected chi connectivity index (χ4v) is 2.28. The number of hydrogen-bond acceptors (Lipinski definition) is 4. The van der Waals surface area contributed by atoms with E-state index < -0.39 is 18.3 Å². The molecule has 0 amide bonds. The van der Waals surface area contributed by atoms with Gasteiger partial charge in [-0.2, -0.15) is 13.2 Å². The lowest BCUT2D eigenvalue weighted by Gasteiger charge is -2.26. The van der Waals surface area contributed by atoms with E-state index in [1.165, 1.54) is 12.5 Å². The van der Waals surface area contributed by atoms with Crippen molar-refractivity contribution in [2.45, 2.75) is 18.3 Å². The van der Waals surface area contributed by atoms with Crippen LogP contribution in [-0.4, -0.2) is 27.0 Å². The summed E-state index contributed by atoms with van der Waals surface area (Å²) < 4.78 is 38.3. The summed E-state index contributed by atoms with van der Waals surface area (Å²) in [6.07, 6.45) is 0.678. The SMILES string of the molecule is OC1(C(F)(F)F)CC(c2ccc(-c3cncnc3)cc2)=CN1. The van der Waals surface area contributed by atoms with Crippen LogP contribution < -0.4 is 5.32 Å². The fraction of sp³-hybridized carbons (Fsp3) is 0.200. The number of aliphatic hydroxyl groups is 1. The van der Waals surface area contributed by atoms with Crippen LogP contribution in [0.15, 0.2) is 49.2 Å². The summed E-state index contributed by atoms with van der Waals surface area (Å²) >= 11 is 0. The second-order valence-corrected chi connectivity index (χ2v) is 5.05. The lowest BCUT2D eigenvalue weighted by molar-refractivity contribution is -0.263. The van der Waals surface area contributed by atoms with Gasteiger partial charge in [0.2, 0.25) is 5.72 Å². The van der Waals surface area contributed by atoms with Crippen molar-refractivity contribution in [3.63, 3.8) is 0 Å². The molecule has 0 saturated heterocycles. The highest BCUT2D eigenvalue weighted by Gasteiger charge is 2.55. The van der Waals surface area contributed by atoms with Crippen molar-refractivity contribution in [3.8, 4) is 11.1 Å². The number of halogens is 3. The molecule has 0 spiro atoms. The highest BCUT2D eigenvalue weighted by molar-refractivity contribution is 5.71. The van der Waals surface area contributed by atoms with Gasteiger partial charge in [-0.3, -0.25) is 0 Å². The van der Waals surface area contributed by atoms with Crippen LogP contribution in [0.5, 0.6) is 0 Å². The van der Waals surface area contributed by atoms with Gasteiger partial charge in [0.05, 0.1) is 0 Å². The summed E-state index contributed by atoms with van der Waals surface area (Å²) in [5, 5.41) is 11.6. The lowest BCUT2D eigenvalue weighted by atomic mass is 9.98. The van der Waals surface area contributed by atoms with Crippen molar-refractivity contribution in [2.24, 2.45) is 0 Å². The molecule has 0 radical (unpaired) electrons. The van der Waals surface area contributed by atoms with Crippen LogP contribution in [0.1, 0.15) is 12.0 Å². The minimum atomic E-state index is -4.73. The molecule has 0 bridgehead atoms. The maximum absolute atomic E-state index is 12.8. The number of rotatable bonds is 2. The Bertz CT molecular complexity index is 698. The summed E-state index contributed by atoms with van der Waals surface area (Å²) in [4.78, 5) is 7.83. The van der Waals surface area contributed by atoms with E-state index in [-0.39, 0.29) is 0 Å². The van der Waals surface area contributed by atoms with E-state index in [9.17, 15) is 18.3 Å². The van der Waals surface area contributed by atoms with Crippen LogP contribution in [0, 0.1) is 0 Å². The third-order valence-electron chi connectivity index (χ3n) is 3.55. The monoisotopic (exact) mass is 307 g/mol. The molecular formula is C15H12F3N3O. The first-order chi connectivity index (χ1) is 10.4. The van der Waals surface area contributed by atoms with Gasteiger partial charge < -0.3 is 10.4 Å². The van der Waals surface area contributed by atoms with Crippen molar-refractivity contribution >= 4 is 5.57 Å². The van der Waals surface area contributed by atoms with Gasteiger partial charge in [0.15, 0.2) is 0 Å². The first kappa shape index (κ1) is 14.5. The average molecular weight is 307 g/mol. The Morgan fingerprint density at radius 2 is 1.59 bits per heavy atom. The molecule has 1 aromatic carbocycles. The molecule has 2 heterocycles. The van der Waals surface area contributed by atoms with E-state index in [2.05, 4.69) is 9.97 Å². The number of hydrogen-bond donors (Lipinski definition) is 2. The molecule has 4 nitrogen and oxygen atoms in total. The molecule has 2 N–H and O–H groups in total. The van der Waals surface area contributed by atoms with Gasteiger partial charge in [0, 0.05) is 30.6 Å². The van der Waals surface area contributed by atoms with E-state index in [1.807, 2.05) is 5.32 Å². The third kappa shape index (κ3) is 2.55. The molecule has 1 aliphatic rings. The zero-order valence-electron chi connectivity index (χ0n) is 11.3. The molecule has 0 aliphatic carbocycles. The highest BCUT2D eigenvalue weighted by atomic mass is 19.4. The van der Waals surface area contributed by atoms with Crippen molar-refractivity contribution in [1.29, 1.82) is 0 Å². The van der Waals surface area contributed by atoms with Crippen LogP contribution in [0.4, 0.5) is 13.2 Å². The Morgan fingerprint density at radius 1 is 1.00 bits per heavy atom. The van der Waals surface area contributed by atoms with E-state index in [4.69, 9.17) is 0 Å². The van der Waals surface area contributed by atoms with Gasteiger partial charge in [-0.1, -0.05) is 24.3 Å². The first-order valence-electron chi connectivity index (χ1n) is 6.51. The number of nitrogens with zero attached hydrogens (tertiary/aromatic N) is 2.